The van der Waals surface area contributed by atoms with E-state index in [9.17, 15) is 0 Å². The van der Waals surface area contributed by atoms with Crippen LogP contribution in [0.15, 0.2) is 30.7 Å². The van der Waals surface area contributed by atoms with Gasteiger partial charge in [0.15, 0.2) is 0 Å². The number of nitrogens with one attached hydrogen (secondary N) is 1. The molecule has 3 heteroatoms. The monoisotopic (exact) mass is 189 g/mol. The van der Waals surface area contributed by atoms with Crippen LogP contribution in [0.5, 0.6) is 0 Å². The predicted molar refractivity (Wildman–Crippen MR) is 59.0 cm³/mol. The van der Waals surface area contributed by atoms with Crippen molar-refractivity contribution in [3.8, 4) is 0 Å². The summed E-state index contributed by atoms with van der Waals surface area (Å²) in [6.45, 7) is 3.95. The summed E-state index contributed by atoms with van der Waals surface area (Å²) < 4.78 is 0. The van der Waals surface area contributed by atoms with Gasteiger partial charge < -0.3 is 11.1 Å². The molecule has 0 aromatic carbocycles. The zero-order valence-electron chi connectivity index (χ0n) is 8.49. The van der Waals surface area contributed by atoms with Gasteiger partial charge in [0.1, 0.15) is 0 Å². The van der Waals surface area contributed by atoms with E-state index in [2.05, 4.69) is 4.98 Å². The van der Waals surface area contributed by atoms with Crippen LogP contribution < -0.4 is 5.73 Å². The van der Waals surface area contributed by atoms with Crippen molar-refractivity contribution in [3.63, 3.8) is 0 Å². The molecule has 1 heterocycles. The van der Waals surface area contributed by atoms with Gasteiger partial charge in [0.25, 0.3) is 0 Å². The van der Waals surface area contributed by atoms with E-state index in [1.807, 2.05) is 26.0 Å². The minimum atomic E-state index is 0.171. The molecule has 1 aromatic heterocycles. The van der Waals surface area contributed by atoms with E-state index in [4.69, 9.17) is 11.1 Å². The molecule has 0 aliphatic carbocycles. The van der Waals surface area contributed by atoms with E-state index in [1.165, 1.54) is 6.20 Å². The first kappa shape index (κ1) is 10.4. The van der Waals surface area contributed by atoms with E-state index in [0.717, 1.165) is 11.1 Å². The van der Waals surface area contributed by atoms with Crippen molar-refractivity contribution in [1.82, 2.24) is 4.98 Å². The molecule has 1 rings (SSSR count). The van der Waals surface area contributed by atoms with Crippen molar-refractivity contribution in [3.05, 3.63) is 36.3 Å². The summed E-state index contributed by atoms with van der Waals surface area (Å²) in [5.74, 6) is 0.171. The van der Waals surface area contributed by atoms with Gasteiger partial charge in [-0.3, -0.25) is 4.98 Å². The van der Waals surface area contributed by atoms with Crippen LogP contribution in [0.2, 0.25) is 0 Å². The average Bonchev–Trinajstić information content (AvgIpc) is 2.20. The van der Waals surface area contributed by atoms with Gasteiger partial charge in [-0.2, -0.15) is 0 Å². The number of rotatable bonds is 3. The normalized spacial score (nSPS) is 11.8. The minimum Gasteiger partial charge on any atom is -0.404 e. The zero-order chi connectivity index (χ0) is 10.6. The molecule has 0 aliphatic rings. The lowest BCUT2D eigenvalue weighted by atomic mass is 9.96. The van der Waals surface area contributed by atoms with Crippen molar-refractivity contribution < 1.29 is 0 Å². The third-order valence-electron chi connectivity index (χ3n) is 2.01. The van der Waals surface area contributed by atoms with Crippen molar-refractivity contribution in [2.75, 3.05) is 0 Å². The summed E-state index contributed by atoms with van der Waals surface area (Å²) in [5.41, 5.74) is 7.71. The number of nitrogens with two attached hydrogens (primary N) is 1. The van der Waals surface area contributed by atoms with Crippen molar-refractivity contribution in [2.24, 2.45) is 11.7 Å². The zero-order valence-corrected chi connectivity index (χ0v) is 8.49. The Kier molecular flexibility index (Phi) is 3.40. The highest BCUT2D eigenvalue weighted by Gasteiger charge is 2.10. The van der Waals surface area contributed by atoms with Gasteiger partial charge in [-0.25, -0.2) is 0 Å². The maximum atomic E-state index is 7.86. The lowest BCUT2D eigenvalue weighted by Crippen LogP contribution is -2.10. The first-order valence-corrected chi connectivity index (χ1v) is 4.58. The second kappa shape index (κ2) is 4.56. The molecule has 74 valence electrons. The molecule has 0 aliphatic heterocycles. The predicted octanol–water partition coefficient (Wildman–Crippen LogP) is 2.06. The molecule has 0 atom stereocenters. The van der Waals surface area contributed by atoms with Crippen LogP contribution in [-0.4, -0.2) is 10.7 Å². The lowest BCUT2D eigenvalue weighted by Gasteiger charge is -2.11. The number of hydrogen-bond acceptors (Lipinski definition) is 3. The Morgan fingerprint density at radius 2 is 2.29 bits per heavy atom. The molecular weight excluding hydrogens is 174 g/mol. The molecule has 1 aromatic rings. The molecule has 0 radical (unpaired) electrons. The number of hydrogen-bond donors (Lipinski definition) is 2. The second-order valence-corrected chi connectivity index (χ2v) is 3.39. The van der Waals surface area contributed by atoms with Crippen LogP contribution in [-0.2, 0) is 0 Å². The van der Waals surface area contributed by atoms with Crippen molar-refractivity contribution in [2.45, 2.75) is 13.8 Å². The van der Waals surface area contributed by atoms with E-state index in [0.29, 0.717) is 5.71 Å². The minimum absolute atomic E-state index is 0.171. The van der Waals surface area contributed by atoms with Gasteiger partial charge in [-0.05, 0) is 12.0 Å². The molecular formula is C11H15N3. The van der Waals surface area contributed by atoms with Crippen molar-refractivity contribution in [1.29, 1.82) is 5.41 Å². The van der Waals surface area contributed by atoms with Crippen LogP contribution in [0, 0.1) is 11.3 Å². The van der Waals surface area contributed by atoms with E-state index in [1.54, 1.807) is 12.4 Å². The van der Waals surface area contributed by atoms with Gasteiger partial charge in [0.05, 0.1) is 0 Å². The number of aromatic nitrogens is 1. The van der Waals surface area contributed by atoms with Crippen molar-refractivity contribution >= 4 is 11.3 Å². The van der Waals surface area contributed by atoms with Crippen LogP contribution >= 0.6 is 0 Å². The highest BCUT2D eigenvalue weighted by molar-refractivity contribution is 6.22. The van der Waals surface area contributed by atoms with Crippen LogP contribution in [0.4, 0.5) is 0 Å². The number of nitrogens with zero attached hydrogens (tertiary/aromatic N) is 1. The molecule has 0 fully saturated rings. The highest BCUT2D eigenvalue weighted by Crippen LogP contribution is 2.17. The van der Waals surface area contributed by atoms with Crippen LogP contribution in [0.25, 0.3) is 5.57 Å². The smallest absolute Gasteiger partial charge is 0.0432 e. The SMILES string of the molecule is CC(C)C(=N)/C(=C\N)c1cccnc1. The second-order valence-electron chi connectivity index (χ2n) is 3.39. The Morgan fingerprint density at radius 3 is 2.71 bits per heavy atom. The summed E-state index contributed by atoms with van der Waals surface area (Å²) in [6, 6.07) is 3.75. The fraction of sp³-hybridized carbons (Fsp3) is 0.273. The molecule has 0 saturated carbocycles. The summed E-state index contributed by atoms with van der Waals surface area (Å²) in [5, 5.41) is 7.86. The molecule has 0 bridgehead atoms. The summed E-state index contributed by atoms with van der Waals surface area (Å²) in [4.78, 5) is 4.00. The van der Waals surface area contributed by atoms with Crippen LogP contribution in [0.1, 0.15) is 19.4 Å². The molecule has 14 heavy (non-hydrogen) atoms. The van der Waals surface area contributed by atoms with Gasteiger partial charge in [0.2, 0.25) is 0 Å². The standard InChI is InChI=1S/C11H15N3/c1-8(2)11(13)10(6-12)9-4-3-5-14-7-9/h3-8,13H,12H2,1-2H3/b10-6-,13-11?. The summed E-state index contributed by atoms with van der Waals surface area (Å²) >= 11 is 0. The topological polar surface area (TPSA) is 62.8 Å². The number of pyridine rings is 1. The Balaban J connectivity index is 3.01. The van der Waals surface area contributed by atoms with Gasteiger partial charge in [0, 0.05) is 35.4 Å². The Bertz CT molecular complexity index is 339. The largest absolute Gasteiger partial charge is 0.404 e. The maximum absolute atomic E-state index is 7.86. The highest BCUT2D eigenvalue weighted by atomic mass is 14.6. The quantitative estimate of drug-likeness (QED) is 0.715. The molecule has 0 saturated heterocycles. The van der Waals surface area contributed by atoms with Gasteiger partial charge >= 0.3 is 0 Å². The van der Waals surface area contributed by atoms with Crippen LogP contribution in [0.3, 0.4) is 0 Å². The Morgan fingerprint density at radius 1 is 1.57 bits per heavy atom. The first-order valence-electron chi connectivity index (χ1n) is 4.58. The molecule has 3 N–H and O–H groups in total. The third-order valence-corrected chi connectivity index (χ3v) is 2.01. The summed E-state index contributed by atoms with van der Waals surface area (Å²) in [6.07, 6.45) is 4.89. The number of allylic oxidation sites excluding steroid dienone is 1. The first-order chi connectivity index (χ1) is 6.66. The Hall–Kier alpha value is -1.64. The maximum Gasteiger partial charge on any atom is 0.0432 e. The molecule has 3 nitrogen and oxygen atoms in total. The fourth-order valence-corrected chi connectivity index (χ4v) is 1.17. The van der Waals surface area contributed by atoms with E-state index in [-0.39, 0.29) is 5.92 Å². The fourth-order valence-electron chi connectivity index (χ4n) is 1.17. The van der Waals surface area contributed by atoms with Gasteiger partial charge in [-0.1, -0.05) is 19.9 Å². The Labute approximate surface area is 84.2 Å². The van der Waals surface area contributed by atoms with Gasteiger partial charge in [-0.15, -0.1) is 0 Å². The lowest BCUT2D eigenvalue weighted by molar-refractivity contribution is 0.884. The molecule has 0 amide bonds. The van der Waals surface area contributed by atoms with E-state index < -0.39 is 0 Å². The average molecular weight is 189 g/mol. The third kappa shape index (κ3) is 2.19. The summed E-state index contributed by atoms with van der Waals surface area (Å²) in [7, 11) is 0. The molecule has 0 unspecified atom stereocenters. The molecule has 0 spiro atoms. The van der Waals surface area contributed by atoms with E-state index >= 15 is 0 Å².